The molecule has 110 valence electrons. The Kier molecular flexibility index (Phi) is 5.96. The van der Waals surface area contributed by atoms with Crippen LogP contribution in [-0.2, 0) is 9.53 Å². The van der Waals surface area contributed by atoms with E-state index in [0.29, 0.717) is 12.5 Å². The number of esters is 1. The zero-order chi connectivity index (χ0) is 15.1. The molecule has 6 heteroatoms. The lowest BCUT2D eigenvalue weighted by Gasteiger charge is -2.08. The molecule has 1 amide bonds. The fraction of sp³-hybridized carbons (Fsp3) is 0.429. The van der Waals surface area contributed by atoms with Crippen molar-refractivity contribution in [1.82, 2.24) is 5.32 Å². The fourth-order valence-electron chi connectivity index (χ4n) is 1.42. The lowest BCUT2D eigenvalue weighted by molar-refractivity contribution is -0.124. The molecule has 1 rings (SSSR count). The van der Waals surface area contributed by atoms with Crippen molar-refractivity contribution in [2.45, 2.75) is 20.3 Å². The largest absolute Gasteiger partial charge is 0.452 e. The Morgan fingerprint density at radius 2 is 2.10 bits per heavy atom. The second kappa shape index (κ2) is 7.47. The number of hydrogen-bond acceptors (Lipinski definition) is 4. The van der Waals surface area contributed by atoms with Gasteiger partial charge in [-0.3, -0.25) is 4.79 Å². The van der Waals surface area contributed by atoms with E-state index >= 15 is 0 Å². The zero-order valence-corrected chi connectivity index (χ0v) is 11.6. The Labute approximate surface area is 117 Å². The van der Waals surface area contributed by atoms with Gasteiger partial charge in [-0.15, -0.1) is 0 Å². The number of anilines is 1. The molecule has 0 atom stereocenters. The second-order valence-corrected chi connectivity index (χ2v) is 4.84. The molecule has 0 aliphatic carbocycles. The van der Waals surface area contributed by atoms with Crippen LogP contribution >= 0.6 is 0 Å². The molecule has 0 saturated carbocycles. The van der Waals surface area contributed by atoms with Crippen LogP contribution in [0, 0.1) is 11.7 Å². The Morgan fingerprint density at radius 3 is 2.70 bits per heavy atom. The van der Waals surface area contributed by atoms with E-state index in [-0.39, 0.29) is 23.8 Å². The van der Waals surface area contributed by atoms with E-state index in [1.54, 1.807) is 0 Å². The van der Waals surface area contributed by atoms with Crippen molar-refractivity contribution in [2.24, 2.45) is 5.92 Å². The SMILES string of the molecule is CC(C)CCNC(=O)COC(=O)c1ccc(N)c(F)c1. The Hall–Kier alpha value is -2.11. The van der Waals surface area contributed by atoms with Crippen molar-refractivity contribution in [3.63, 3.8) is 0 Å². The van der Waals surface area contributed by atoms with Gasteiger partial charge in [0.25, 0.3) is 5.91 Å². The van der Waals surface area contributed by atoms with Gasteiger partial charge in [0.05, 0.1) is 11.3 Å². The quantitative estimate of drug-likeness (QED) is 0.615. The van der Waals surface area contributed by atoms with Crippen LogP contribution < -0.4 is 11.1 Å². The van der Waals surface area contributed by atoms with Crippen molar-refractivity contribution in [1.29, 1.82) is 0 Å². The molecule has 0 saturated heterocycles. The first-order valence-electron chi connectivity index (χ1n) is 6.39. The predicted molar refractivity (Wildman–Crippen MR) is 73.6 cm³/mol. The maximum absolute atomic E-state index is 13.2. The molecule has 0 radical (unpaired) electrons. The van der Waals surface area contributed by atoms with Crippen molar-refractivity contribution < 1.29 is 18.7 Å². The average Bonchev–Trinajstić information content (AvgIpc) is 2.38. The summed E-state index contributed by atoms with van der Waals surface area (Å²) >= 11 is 0. The van der Waals surface area contributed by atoms with Crippen LogP contribution in [0.2, 0.25) is 0 Å². The summed E-state index contributed by atoms with van der Waals surface area (Å²) in [5.74, 6) is -1.35. The lowest BCUT2D eigenvalue weighted by atomic mass is 10.1. The predicted octanol–water partition coefficient (Wildman–Crippen LogP) is 1.73. The van der Waals surface area contributed by atoms with Gasteiger partial charge in [-0.2, -0.15) is 0 Å². The standard InChI is InChI=1S/C14H19FN2O3/c1-9(2)5-6-17-13(18)8-20-14(19)10-3-4-12(16)11(15)7-10/h3-4,7,9H,5-6,8,16H2,1-2H3,(H,17,18). The molecule has 0 spiro atoms. The highest BCUT2D eigenvalue weighted by Crippen LogP contribution is 2.12. The Balaban J connectivity index is 2.39. The minimum atomic E-state index is -0.761. The molecular weight excluding hydrogens is 263 g/mol. The number of halogens is 1. The molecule has 5 nitrogen and oxygen atoms in total. The molecule has 0 bridgehead atoms. The highest BCUT2D eigenvalue weighted by atomic mass is 19.1. The fourth-order valence-corrected chi connectivity index (χ4v) is 1.42. The summed E-state index contributed by atoms with van der Waals surface area (Å²) in [6.45, 7) is 4.23. The number of rotatable bonds is 6. The van der Waals surface area contributed by atoms with Gasteiger partial charge in [0.2, 0.25) is 0 Å². The van der Waals surface area contributed by atoms with Gasteiger partial charge in [-0.25, -0.2) is 9.18 Å². The van der Waals surface area contributed by atoms with E-state index in [2.05, 4.69) is 5.32 Å². The molecule has 3 N–H and O–H groups in total. The average molecular weight is 282 g/mol. The number of carbonyl (C=O) groups is 2. The van der Waals surface area contributed by atoms with Crippen molar-refractivity contribution in [2.75, 3.05) is 18.9 Å². The monoisotopic (exact) mass is 282 g/mol. The highest BCUT2D eigenvalue weighted by Gasteiger charge is 2.12. The summed E-state index contributed by atoms with van der Waals surface area (Å²) < 4.78 is 18.0. The number of ether oxygens (including phenoxy) is 1. The number of amides is 1. The lowest BCUT2D eigenvalue weighted by Crippen LogP contribution is -2.30. The maximum Gasteiger partial charge on any atom is 0.338 e. The number of nitrogens with two attached hydrogens (primary N) is 1. The van der Waals surface area contributed by atoms with Crippen LogP contribution in [0.5, 0.6) is 0 Å². The molecule has 0 aromatic heterocycles. The van der Waals surface area contributed by atoms with E-state index in [1.165, 1.54) is 12.1 Å². The third-order valence-electron chi connectivity index (χ3n) is 2.61. The van der Waals surface area contributed by atoms with Gasteiger partial charge in [0, 0.05) is 6.54 Å². The van der Waals surface area contributed by atoms with E-state index in [9.17, 15) is 14.0 Å². The van der Waals surface area contributed by atoms with E-state index in [4.69, 9.17) is 10.5 Å². The topological polar surface area (TPSA) is 81.4 Å². The summed E-state index contributed by atoms with van der Waals surface area (Å²) in [5.41, 5.74) is 5.27. The van der Waals surface area contributed by atoms with Crippen molar-refractivity contribution >= 4 is 17.6 Å². The van der Waals surface area contributed by atoms with Crippen LogP contribution in [0.25, 0.3) is 0 Å². The van der Waals surface area contributed by atoms with Gasteiger partial charge < -0.3 is 15.8 Å². The molecule has 0 aliphatic rings. The number of carbonyl (C=O) groups excluding carboxylic acids is 2. The summed E-state index contributed by atoms with van der Waals surface area (Å²) in [6, 6.07) is 3.60. The number of nitrogens with one attached hydrogen (secondary N) is 1. The zero-order valence-electron chi connectivity index (χ0n) is 11.6. The molecule has 20 heavy (non-hydrogen) atoms. The first-order chi connectivity index (χ1) is 9.40. The summed E-state index contributed by atoms with van der Waals surface area (Å²) in [4.78, 5) is 23.0. The number of hydrogen-bond donors (Lipinski definition) is 2. The Morgan fingerprint density at radius 1 is 1.40 bits per heavy atom. The Bertz CT molecular complexity index is 489. The van der Waals surface area contributed by atoms with Crippen LogP contribution in [0.4, 0.5) is 10.1 Å². The van der Waals surface area contributed by atoms with Gasteiger partial charge in [0.1, 0.15) is 5.82 Å². The molecule has 0 unspecified atom stereocenters. The second-order valence-electron chi connectivity index (χ2n) is 4.84. The normalized spacial score (nSPS) is 10.4. The first-order valence-corrected chi connectivity index (χ1v) is 6.39. The van der Waals surface area contributed by atoms with Crippen molar-refractivity contribution in [3.05, 3.63) is 29.6 Å². The molecule has 1 aromatic rings. The van der Waals surface area contributed by atoms with Crippen LogP contribution in [0.1, 0.15) is 30.6 Å². The summed E-state index contributed by atoms with van der Waals surface area (Å²) in [7, 11) is 0. The minimum absolute atomic E-state index is 0.0201. The van der Waals surface area contributed by atoms with Gasteiger partial charge >= 0.3 is 5.97 Å². The molecular formula is C14H19FN2O3. The maximum atomic E-state index is 13.2. The van der Waals surface area contributed by atoms with Crippen LogP contribution in [0.3, 0.4) is 0 Å². The molecule has 0 aliphatic heterocycles. The highest BCUT2D eigenvalue weighted by molar-refractivity contribution is 5.91. The number of nitrogen functional groups attached to an aromatic ring is 1. The van der Waals surface area contributed by atoms with Gasteiger partial charge in [0.15, 0.2) is 6.61 Å². The summed E-state index contributed by atoms with van der Waals surface area (Å²) in [6.07, 6.45) is 0.850. The smallest absolute Gasteiger partial charge is 0.338 e. The third kappa shape index (κ3) is 5.26. The first kappa shape index (κ1) is 15.9. The van der Waals surface area contributed by atoms with E-state index in [0.717, 1.165) is 12.5 Å². The third-order valence-corrected chi connectivity index (χ3v) is 2.61. The van der Waals surface area contributed by atoms with Crippen molar-refractivity contribution in [3.8, 4) is 0 Å². The van der Waals surface area contributed by atoms with Crippen LogP contribution in [0.15, 0.2) is 18.2 Å². The molecule has 0 fully saturated rings. The molecule has 1 aromatic carbocycles. The van der Waals surface area contributed by atoms with Gasteiger partial charge in [-0.05, 0) is 30.5 Å². The number of benzene rings is 1. The molecule has 0 heterocycles. The van der Waals surface area contributed by atoms with Crippen LogP contribution in [-0.4, -0.2) is 25.0 Å². The van der Waals surface area contributed by atoms with E-state index < -0.39 is 11.8 Å². The van der Waals surface area contributed by atoms with Gasteiger partial charge in [-0.1, -0.05) is 13.8 Å². The summed E-state index contributed by atoms with van der Waals surface area (Å²) in [5, 5.41) is 2.63. The minimum Gasteiger partial charge on any atom is -0.452 e. The van der Waals surface area contributed by atoms with E-state index in [1.807, 2.05) is 13.8 Å².